The lowest BCUT2D eigenvalue weighted by molar-refractivity contribution is -0.156. The maximum absolute atomic E-state index is 11.8. The lowest BCUT2D eigenvalue weighted by Crippen LogP contribution is -2.28. The van der Waals surface area contributed by atoms with Gasteiger partial charge in [0.25, 0.3) is 0 Å². The van der Waals surface area contributed by atoms with Gasteiger partial charge in [0.15, 0.2) is 0 Å². The molecule has 1 amide bonds. The van der Waals surface area contributed by atoms with Crippen molar-refractivity contribution in [2.45, 2.75) is 39.2 Å². The van der Waals surface area contributed by atoms with Crippen molar-refractivity contribution >= 4 is 11.9 Å². The third kappa shape index (κ3) is 34.0. The van der Waals surface area contributed by atoms with Crippen LogP contribution in [0.3, 0.4) is 0 Å². The molecule has 0 saturated heterocycles. The van der Waals surface area contributed by atoms with E-state index in [1.165, 1.54) is 0 Å². The number of nitrogens with zero attached hydrogens (tertiary/aromatic N) is 3. The summed E-state index contributed by atoms with van der Waals surface area (Å²) >= 11 is 0. The zero-order chi connectivity index (χ0) is 30.3. The van der Waals surface area contributed by atoms with E-state index in [2.05, 4.69) is 15.3 Å². The summed E-state index contributed by atoms with van der Waals surface area (Å²) in [6, 6.07) is 0. The van der Waals surface area contributed by atoms with Gasteiger partial charge >= 0.3 is 5.97 Å². The van der Waals surface area contributed by atoms with Gasteiger partial charge in [-0.3, -0.25) is 9.59 Å². The van der Waals surface area contributed by atoms with Gasteiger partial charge in [-0.1, -0.05) is 5.11 Å². The fourth-order valence-electron chi connectivity index (χ4n) is 2.74. The number of carbonyl (C=O) groups excluding carboxylic acids is 2. The molecular formula is C26H50N4O11. The van der Waals surface area contributed by atoms with E-state index in [9.17, 15) is 9.59 Å². The highest BCUT2D eigenvalue weighted by Crippen LogP contribution is 2.08. The van der Waals surface area contributed by atoms with Gasteiger partial charge in [0.1, 0.15) is 5.60 Å². The highest BCUT2D eigenvalue weighted by Gasteiger charge is 2.15. The van der Waals surface area contributed by atoms with Gasteiger partial charge in [-0.2, -0.15) is 0 Å². The van der Waals surface area contributed by atoms with Crippen LogP contribution in [0, 0.1) is 0 Å². The van der Waals surface area contributed by atoms with E-state index in [1.807, 2.05) is 20.8 Å². The first kappa shape index (κ1) is 38.9. The molecule has 0 unspecified atom stereocenters. The van der Waals surface area contributed by atoms with E-state index < -0.39 is 5.60 Å². The van der Waals surface area contributed by atoms with Crippen molar-refractivity contribution in [3.05, 3.63) is 10.4 Å². The molecule has 1 N–H and O–H groups in total. The van der Waals surface area contributed by atoms with Crippen LogP contribution in [0.15, 0.2) is 5.11 Å². The van der Waals surface area contributed by atoms with Gasteiger partial charge in [0.2, 0.25) is 5.91 Å². The summed E-state index contributed by atoms with van der Waals surface area (Å²) < 4.78 is 48.1. The summed E-state index contributed by atoms with van der Waals surface area (Å²) in [7, 11) is 0. The number of azide groups is 1. The third-order valence-electron chi connectivity index (χ3n) is 4.54. The smallest absolute Gasteiger partial charge is 0.308 e. The fourth-order valence-corrected chi connectivity index (χ4v) is 2.74. The predicted molar refractivity (Wildman–Crippen MR) is 149 cm³/mol. The predicted octanol–water partition coefficient (Wildman–Crippen LogP) is 1.67. The second kappa shape index (κ2) is 29.4. The standard InChI is InChI=1S/C26H50N4O11/c1-26(2,3)41-25(32)5-9-34-13-17-38-21-22-39-18-14-35-10-6-28-24(31)4-8-33-12-16-37-20-23-40-19-15-36-11-7-29-30-27/h4-23H2,1-3H3,(H,28,31). The molecule has 0 rings (SSSR count). The molecule has 0 saturated carbocycles. The first-order valence-electron chi connectivity index (χ1n) is 14.0. The van der Waals surface area contributed by atoms with Crippen LogP contribution in [0.1, 0.15) is 33.6 Å². The van der Waals surface area contributed by atoms with Crippen LogP contribution in [0.5, 0.6) is 0 Å². The molecule has 0 aliphatic carbocycles. The Labute approximate surface area is 243 Å². The average Bonchev–Trinajstić information content (AvgIpc) is 2.92. The molecule has 0 spiro atoms. The van der Waals surface area contributed by atoms with Crippen molar-refractivity contribution in [1.82, 2.24) is 5.32 Å². The lowest BCUT2D eigenvalue weighted by atomic mass is 10.2. The number of amides is 1. The van der Waals surface area contributed by atoms with E-state index in [1.54, 1.807) is 0 Å². The van der Waals surface area contributed by atoms with Gasteiger partial charge < -0.3 is 47.9 Å². The minimum Gasteiger partial charge on any atom is -0.460 e. The average molecular weight is 595 g/mol. The molecule has 0 heterocycles. The zero-order valence-electron chi connectivity index (χ0n) is 25.0. The normalized spacial score (nSPS) is 11.3. The summed E-state index contributed by atoms with van der Waals surface area (Å²) in [5.41, 5.74) is 7.64. The number of ether oxygens (including phenoxy) is 9. The second-order valence-corrected chi connectivity index (χ2v) is 9.29. The monoisotopic (exact) mass is 594 g/mol. The maximum atomic E-state index is 11.8. The largest absolute Gasteiger partial charge is 0.460 e. The molecule has 0 aromatic heterocycles. The Bertz CT molecular complexity index is 674. The summed E-state index contributed by atoms with van der Waals surface area (Å²) in [6.07, 6.45) is 0.482. The molecule has 0 aromatic carbocycles. The minimum atomic E-state index is -0.484. The van der Waals surface area contributed by atoms with Crippen molar-refractivity contribution in [1.29, 1.82) is 0 Å². The van der Waals surface area contributed by atoms with E-state index in [0.29, 0.717) is 119 Å². The summed E-state index contributed by atoms with van der Waals surface area (Å²) in [5, 5.41) is 6.12. The first-order chi connectivity index (χ1) is 19.8. The summed E-state index contributed by atoms with van der Waals surface area (Å²) in [4.78, 5) is 25.9. The Hall–Kier alpha value is -2.07. The van der Waals surface area contributed by atoms with Crippen molar-refractivity contribution in [2.24, 2.45) is 5.11 Å². The second-order valence-electron chi connectivity index (χ2n) is 9.29. The van der Waals surface area contributed by atoms with Crippen LogP contribution in [0.4, 0.5) is 0 Å². The molecular weight excluding hydrogens is 544 g/mol. The molecule has 0 fully saturated rings. The summed E-state index contributed by atoms with van der Waals surface area (Å²) in [5.74, 6) is -0.383. The molecule has 0 aliphatic heterocycles. The van der Waals surface area contributed by atoms with Crippen LogP contribution in [0.25, 0.3) is 10.4 Å². The highest BCUT2D eigenvalue weighted by molar-refractivity contribution is 5.75. The van der Waals surface area contributed by atoms with Gasteiger partial charge in [-0.15, -0.1) is 0 Å². The number of nitrogens with one attached hydrogen (secondary N) is 1. The van der Waals surface area contributed by atoms with Crippen LogP contribution in [0.2, 0.25) is 0 Å². The van der Waals surface area contributed by atoms with Crippen LogP contribution in [-0.2, 0) is 52.2 Å². The van der Waals surface area contributed by atoms with Gasteiger partial charge in [-0.05, 0) is 26.3 Å². The SMILES string of the molecule is CC(C)(C)OC(=O)CCOCCOCCOCCOCCNC(=O)CCOCCOCCOCCOCCN=[N+]=[N-]. The number of rotatable bonds is 30. The highest BCUT2D eigenvalue weighted by atomic mass is 16.6. The number of hydrogen-bond donors (Lipinski definition) is 1. The van der Waals surface area contributed by atoms with E-state index in [0.717, 1.165) is 0 Å². The molecule has 0 aliphatic rings. The summed E-state index contributed by atoms with van der Waals surface area (Å²) in [6.45, 7) is 12.7. The molecule has 0 aromatic rings. The first-order valence-corrected chi connectivity index (χ1v) is 14.0. The zero-order valence-corrected chi connectivity index (χ0v) is 25.0. The molecule has 15 heteroatoms. The van der Waals surface area contributed by atoms with Crippen LogP contribution >= 0.6 is 0 Å². The molecule has 41 heavy (non-hydrogen) atoms. The minimum absolute atomic E-state index is 0.105. The Kier molecular flexibility index (Phi) is 27.9. The molecule has 240 valence electrons. The van der Waals surface area contributed by atoms with Crippen molar-refractivity contribution < 1.29 is 52.2 Å². The van der Waals surface area contributed by atoms with Gasteiger partial charge in [-0.25, -0.2) is 0 Å². The molecule has 15 nitrogen and oxygen atoms in total. The van der Waals surface area contributed by atoms with E-state index in [-0.39, 0.29) is 24.7 Å². The molecule has 0 atom stereocenters. The fraction of sp³-hybridized carbons (Fsp3) is 0.923. The van der Waals surface area contributed by atoms with Crippen LogP contribution in [-0.4, -0.2) is 136 Å². The molecule has 0 radical (unpaired) electrons. The number of carbonyl (C=O) groups is 2. The third-order valence-corrected chi connectivity index (χ3v) is 4.54. The molecule has 0 bridgehead atoms. The topological polar surface area (TPSA) is 178 Å². The van der Waals surface area contributed by atoms with Crippen molar-refractivity contribution in [2.75, 3.05) is 119 Å². The number of esters is 1. The van der Waals surface area contributed by atoms with Crippen molar-refractivity contribution in [3.63, 3.8) is 0 Å². The number of hydrogen-bond acceptors (Lipinski definition) is 12. The van der Waals surface area contributed by atoms with Crippen molar-refractivity contribution in [3.8, 4) is 0 Å². The van der Waals surface area contributed by atoms with E-state index in [4.69, 9.17) is 48.2 Å². The van der Waals surface area contributed by atoms with Gasteiger partial charge in [0, 0.05) is 24.4 Å². The van der Waals surface area contributed by atoms with E-state index >= 15 is 0 Å². The Balaban J connectivity index is 3.22. The maximum Gasteiger partial charge on any atom is 0.308 e. The quantitative estimate of drug-likeness (QED) is 0.0420. The Morgan fingerprint density at radius 1 is 0.610 bits per heavy atom. The lowest BCUT2D eigenvalue weighted by Gasteiger charge is -2.19. The Morgan fingerprint density at radius 2 is 1.00 bits per heavy atom. The Morgan fingerprint density at radius 3 is 1.44 bits per heavy atom. The van der Waals surface area contributed by atoms with Crippen LogP contribution < -0.4 is 5.32 Å². The van der Waals surface area contributed by atoms with Gasteiger partial charge in [0.05, 0.1) is 112 Å².